The van der Waals surface area contributed by atoms with Crippen LogP contribution in [0.3, 0.4) is 0 Å². The molecule has 1 saturated heterocycles. The summed E-state index contributed by atoms with van der Waals surface area (Å²) in [6.07, 6.45) is 6.19. The first-order valence-electron chi connectivity index (χ1n) is 13.2. The van der Waals surface area contributed by atoms with E-state index in [0.717, 1.165) is 41.2 Å². The van der Waals surface area contributed by atoms with E-state index in [2.05, 4.69) is 33.1 Å². The minimum absolute atomic E-state index is 0. The molecule has 7 nitrogen and oxygen atoms in total. The van der Waals surface area contributed by atoms with Crippen LogP contribution in [0.2, 0.25) is 0 Å². The summed E-state index contributed by atoms with van der Waals surface area (Å²) < 4.78 is 29.0. The zero-order valence-electron chi connectivity index (χ0n) is 21.9. The van der Waals surface area contributed by atoms with E-state index in [1.807, 2.05) is 50.5 Å². The first-order chi connectivity index (χ1) is 18.9. The van der Waals surface area contributed by atoms with Gasteiger partial charge in [-0.25, -0.2) is 13.4 Å². The molecule has 6 rings (SSSR count). The molecule has 1 N–H and O–H groups in total. The second-order valence-electron chi connectivity index (χ2n) is 10.2. The fraction of sp³-hybridized carbons (Fsp3) is 0.333. The predicted molar refractivity (Wildman–Crippen MR) is 167 cm³/mol. The standard InChI is InChI=1S/C29H31N5O2S3.CH4/c1-20(2)34(39(35,36)27-12-7-15-37-27)26-11-5-8-21-16-25(32-28(21)26)29-31-17-23(38-29)19-33-14-6-9-22(18-33)24-10-3-4-13-30-24;/h3-5,7-8,10-13,15-17,20,22,32H,6,9,14,18-19H2,1-2H3;1H4. The van der Waals surface area contributed by atoms with Gasteiger partial charge in [0.25, 0.3) is 10.0 Å². The summed E-state index contributed by atoms with van der Waals surface area (Å²) in [6.45, 7) is 6.76. The van der Waals surface area contributed by atoms with Gasteiger partial charge in [0.05, 0.1) is 16.9 Å². The molecule has 1 unspecified atom stereocenters. The largest absolute Gasteiger partial charge is 0.351 e. The summed E-state index contributed by atoms with van der Waals surface area (Å²) in [7, 11) is -3.68. The lowest BCUT2D eigenvalue weighted by Crippen LogP contribution is -2.36. The number of rotatable bonds is 8. The lowest BCUT2D eigenvalue weighted by molar-refractivity contribution is 0.200. The molecule has 1 aliphatic rings. The van der Waals surface area contributed by atoms with Crippen LogP contribution in [0.15, 0.2) is 76.6 Å². The normalized spacial score (nSPS) is 16.3. The maximum Gasteiger partial charge on any atom is 0.274 e. The van der Waals surface area contributed by atoms with Crippen molar-refractivity contribution < 1.29 is 8.42 Å². The van der Waals surface area contributed by atoms with E-state index >= 15 is 0 Å². The number of pyridine rings is 1. The molecule has 1 atom stereocenters. The number of likely N-dealkylation sites (tertiary alicyclic amines) is 1. The van der Waals surface area contributed by atoms with Crippen LogP contribution in [-0.4, -0.2) is 47.4 Å². The molecule has 0 spiro atoms. The van der Waals surface area contributed by atoms with Crippen molar-refractivity contribution in [1.82, 2.24) is 19.9 Å². The number of para-hydroxylation sites is 1. The lowest BCUT2D eigenvalue weighted by Gasteiger charge is -2.32. The number of anilines is 1. The van der Waals surface area contributed by atoms with Gasteiger partial charge in [0.1, 0.15) is 9.22 Å². The minimum atomic E-state index is -3.68. The molecule has 5 heterocycles. The summed E-state index contributed by atoms with van der Waals surface area (Å²) in [5, 5.41) is 3.66. The van der Waals surface area contributed by atoms with E-state index in [1.165, 1.54) is 39.1 Å². The highest BCUT2D eigenvalue weighted by atomic mass is 32.2. The van der Waals surface area contributed by atoms with Gasteiger partial charge in [-0.3, -0.25) is 14.2 Å². The van der Waals surface area contributed by atoms with Gasteiger partial charge >= 0.3 is 0 Å². The zero-order chi connectivity index (χ0) is 27.0. The van der Waals surface area contributed by atoms with Crippen LogP contribution in [0.1, 0.15) is 50.6 Å². The van der Waals surface area contributed by atoms with Crippen LogP contribution in [-0.2, 0) is 16.6 Å². The molecular formula is C30H35N5O2S3. The fourth-order valence-corrected chi connectivity index (χ4v) is 9.09. The van der Waals surface area contributed by atoms with E-state index in [4.69, 9.17) is 4.98 Å². The van der Waals surface area contributed by atoms with Crippen molar-refractivity contribution >= 4 is 49.3 Å². The molecule has 0 radical (unpaired) electrons. The third-order valence-corrected chi connectivity index (χ3v) is 11.5. The molecule has 1 aliphatic heterocycles. The third kappa shape index (κ3) is 5.58. The number of H-pyrrole nitrogens is 1. The van der Waals surface area contributed by atoms with Crippen LogP contribution in [0.25, 0.3) is 21.6 Å². The van der Waals surface area contributed by atoms with E-state index in [9.17, 15) is 8.42 Å². The molecule has 10 heteroatoms. The first-order valence-corrected chi connectivity index (χ1v) is 16.3. The summed E-state index contributed by atoms with van der Waals surface area (Å²) in [6, 6.07) is 17.2. The number of thiophene rings is 1. The number of nitrogens with zero attached hydrogens (tertiary/aromatic N) is 4. The van der Waals surface area contributed by atoms with Crippen molar-refractivity contribution in [2.75, 3.05) is 17.4 Å². The topological polar surface area (TPSA) is 82.2 Å². The number of sulfonamides is 1. The van der Waals surface area contributed by atoms with Gasteiger partial charge in [-0.2, -0.15) is 0 Å². The maximum absolute atomic E-state index is 13.6. The summed E-state index contributed by atoms with van der Waals surface area (Å²) in [5.41, 5.74) is 3.52. The molecule has 0 bridgehead atoms. The van der Waals surface area contributed by atoms with Crippen molar-refractivity contribution in [2.24, 2.45) is 0 Å². The summed E-state index contributed by atoms with van der Waals surface area (Å²) >= 11 is 2.92. The Labute approximate surface area is 244 Å². The Bertz CT molecular complexity index is 1660. The maximum atomic E-state index is 13.6. The molecule has 1 fully saturated rings. The predicted octanol–water partition coefficient (Wildman–Crippen LogP) is 7.37. The van der Waals surface area contributed by atoms with Gasteiger partial charge in [0.15, 0.2) is 0 Å². The number of fused-ring (bicyclic) bond motifs is 1. The SMILES string of the molecule is C.CC(C)N(c1cccc2cc(-c3ncc(CN4CCCC(c5ccccn5)C4)s3)[nH]c12)S(=O)(=O)c1cccs1. The number of piperidine rings is 1. The van der Waals surface area contributed by atoms with Gasteiger partial charge in [-0.15, -0.1) is 22.7 Å². The van der Waals surface area contributed by atoms with Gasteiger partial charge in [0.2, 0.25) is 0 Å². The Morgan fingerprint density at radius 2 is 2.00 bits per heavy atom. The number of hydrogen-bond donors (Lipinski definition) is 1. The number of aromatic amines is 1. The average molecular weight is 594 g/mol. The Morgan fingerprint density at radius 1 is 1.12 bits per heavy atom. The quantitative estimate of drug-likeness (QED) is 0.203. The monoisotopic (exact) mass is 593 g/mol. The summed E-state index contributed by atoms with van der Waals surface area (Å²) in [5.74, 6) is 0.467. The van der Waals surface area contributed by atoms with Crippen molar-refractivity contribution in [3.05, 3.63) is 82.9 Å². The van der Waals surface area contributed by atoms with Crippen molar-refractivity contribution in [3.63, 3.8) is 0 Å². The second-order valence-corrected chi connectivity index (χ2v) is 14.3. The van der Waals surface area contributed by atoms with Crippen LogP contribution < -0.4 is 4.31 Å². The van der Waals surface area contributed by atoms with Crippen molar-refractivity contribution in [2.45, 2.75) is 56.8 Å². The van der Waals surface area contributed by atoms with E-state index in [0.29, 0.717) is 15.8 Å². The molecule has 1 aromatic carbocycles. The van der Waals surface area contributed by atoms with Crippen LogP contribution in [0.4, 0.5) is 5.69 Å². The highest BCUT2D eigenvalue weighted by Crippen LogP contribution is 2.37. The van der Waals surface area contributed by atoms with E-state index in [1.54, 1.807) is 28.8 Å². The molecule has 4 aromatic heterocycles. The highest BCUT2D eigenvalue weighted by Gasteiger charge is 2.30. The summed E-state index contributed by atoms with van der Waals surface area (Å²) in [4.78, 5) is 16.5. The lowest BCUT2D eigenvalue weighted by atomic mass is 9.94. The van der Waals surface area contributed by atoms with Gasteiger partial charge < -0.3 is 4.98 Å². The number of hydrogen-bond acceptors (Lipinski definition) is 7. The van der Waals surface area contributed by atoms with E-state index < -0.39 is 10.0 Å². The van der Waals surface area contributed by atoms with Crippen LogP contribution in [0.5, 0.6) is 0 Å². The molecule has 0 amide bonds. The molecule has 5 aromatic rings. The van der Waals surface area contributed by atoms with Gasteiger partial charge in [-0.1, -0.05) is 31.7 Å². The van der Waals surface area contributed by atoms with Crippen molar-refractivity contribution in [3.8, 4) is 10.7 Å². The number of benzene rings is 1. The minimum Gasteiger partial charge on any atom is -0.351 e. The Morgan fingerprint density at radius 3 is 2.75 bits per heavy atom. The second kappa shape index (κ2) is 11.8. The number of aromatic nitrogens is 3. The highest BCUT2D eigenvalue weighted by molar-refractivity contribution is 7.94. The first kappa shape index (κ1) is 28.5. The molecule has 210 valence electrons. The van der Waals surface area contributed by atoms with Crippen LogP contribution >= 0.6 is 22.7 Å². The Hall–Kier alpha value is -3.05. The number of nitrogens with one attached hydrogen (secondary N) is 1. The zero-order valence-corrected chi connectivity index (χ0v) is 24.4. The fourth-order valence-electron chi connectivity index (χ4n) is 5.41. The number of thiazole rings is 1. The third-order valence-electron chi connectivity index (χ3n) is 7.12. The van der Waals surface area contributed by atoms with Gasteiger partial charge in [0, 0.05) is 53.4 Å². The molecular weight excluding hydrogens is 559 g/mol. The smallest absolute Gasteiger partial charge is 0.274 e. The van der Waals surface area contributed by atoms with E-state index in [-0.39, 0.29) is 13.5 Å². The van der Waals surface area contributed by atoms with Crippen molar-refractivity contribution in [1.29, 1.82) is 0 Å². The molecule has 0 aliphatic carbocycles. The van der Waals surface area contributed by atoms with Crippen LogP contribution in [0, 0.1) is 0 Å². The Kier molecular flexibility index (Phi) is 8.42. The molecule has 0 saturated carbocycles. The molecule has 40 heavy (non-hydrogen) atoms. The van der Waals surface area contributed by atoms with Gasteiger partial charge in [-0.05, 0) is 68.9 Å². The Balaban J connectivity index is 0.00000323. The average Bonchev–Trinajstić information content (AvgIpc) is 3.70.